The van der Waals surface area contributed by atoms with Gasteiger partial charge in [-0.2, -0.15) is 0 Å². The fourth-order valence-electron chi connectivity index (χ4n) is 2.34. The Morgan fingerprint density at radius 3 is 2.83 bits per heavy atom. The van der Waals surface area contributed by atoms with E-state index < -0.39 is 0 Å². The molecule has 2 heteroatoms. The summed E-state index contributed by atoms with van der Waals surface area (Å²) < 4.78 is 0. The lowest BCUT2D eigenvalue weighted by Gasteiger charge is -2.06. The minimum Gasteiger partial charge on any atom is -0.361 e. The predicted octanol–water partition coefficient (Wildman–Crippen LogP) is 3.83. The molecular weight excluding hydrogens is 220 g/mol. The molecule has 2 aromatic rings. The van der Waals surface area contributed by atoms with Gasteiger partial charge in [-0.05, 0) is 55.1 Å². The molecule has 2 nitrogen and oxygen atoms in total. The fourth-order valence-corrected chi connectivity index (χ4v) is 2.34. The van der Waals surface area contributed by atoms with E-state index in [4.69, 9.17) is 0 Å². The SMILES string of the molecule is CCNCCCc1c[nH]c2ccc(C(C)C)cc12. The first kappa shape index (κ1) is 13.2. The van der Waals surface area contributed by atoms with Crippen molar-refractivity contribution in [2.24, 2.45) is 0 Å². The lowest BCUT2D eigenvalue weighted by atomic mass is 9.99. The smallest absolute Gasteiger partial charge is 0.0456 e. The van der Waals surface area contributed by atoms with Crippen molar-refractivity contribution in [3.63, 3.8) is 0 Å². The van der Waals surface area contributed by atoms with Crippen molar-refractivity contribution in [1.82, 2.24) is 10.3 Å². The van der Waals surface area contributed by atoms with Gasteiger partial charge < -0.3 is 10.3 Å². The van der Waals surface area contributed by atoms with E-state index in [2.05, 4.69) is 55.5 Å². The topological polar surface area (TPSA) is 27.8 Å². The molecule has 0 unspecified atom stereocenters. The summed E-state index contributed by atoms with van der Waals surface area (Å²) in [5, 5.41) is 4.78. The molecular formula is C16H24N2. The van der Waals surface area contributed by atoms with Crippen LogP contribution < -0.4 is 5.32 Å². The molecule has 1 aromatic carbocycles. The van der Waals surface area contributed by atoms with Crippen molar-refractivity contribution in [1.29, 1.82) is 0 Å². The van der Waals surface area contributed by atoms with Crippen molar-refractivity contribution in [3.05, 3.63) is 35.5 Å². The number of hydrogen-bond donors (Lipinski definition) is 2. The van der Waals surface area contributed by atoms with Crippen LogP contribution in [0, 0.1) is 0 Å². The number of aryl methyl sites for hydroxylation is 1. The van der Waals surface area contributed by atoms with Gasteiger partial charge in [-0.15, -0.1) is 0 Å². The van der Waals surface area contributed by atoms with Gasteiger partial charge in [-0.25, -0.2) is 0 Å². The maximum Gasteiger partial charge on any atom is 0.0456 e. The summed E-state index contributed by atoms with van der Waals surface area (Å²) in [6.45, 7) is 8.82. The molecule has 0 saturated carbocycles. The zero-order valence-electron chi connectivity index (χ0n) is 11.7. The van der Waals surface area contributed by atoms with Gasteiger partial charge in [0.1, 0.15) is 0 Å². The molecule has 0 spiro atoms. The van der Waals surface area contributed by atoms with Crippen molar-refractivity contribution in [3.8, 4) is 0 Å². The molecule has 18 heavy (non-hydrogen) atoms. The van der Waals surface area contributed by atoms with E-state index in [1.165, 1.54) is 28.5 Å². The van der Waals surface area contributed by atoms with E-state index in [1.807, 2.05) is 0 Å². The first-order chi connectivity index (χ1) is 8.72. The van der Waals surface area contributed by atoms with E-state index in [9.17, 15) is 0 Å². The number of hydrogen-bond acceptors (Lipinski definition) is 1. The lowest BCUT2D eigenvalue weighted by Crippen LogP contribution is -2.14. The van der Waals surface area contributed by atoms with Crippen LogP contribution in [0.15, 0.2) is 24.4 Å². The molecule has 0 saturated heterocycles. The highest BCUT2D eigenvalue weighted by Crippen LogP contribution is 2.24. The molecule has 1 heterocycles. The summed E-state index contributed by atoms with van der Waals surface area (Å²) in [7, 11) is 0. The van der Waals surface area contributed by atoms with Gasteiger partial charge in [0.25, 0.3) is 0 Å². The molecule has 1 aromatic heterocycles. The van der Waals surface area contributed by atoms with Gasteiger partial charge in [0.2, 0.25) is 0 Å². The summed E-state index contributed by atoms with van der Waals surface area (Å²) in [5.41, 5.74) is 4.14. The largest absolute Gasteiger partial charge is 0.361 e. The van der Waals surface area contributed by atoms with Crippen LogP contribution in [0.25, 0.3) is 10.9 Å². The molecule has 0 aliphatic carbocycles. The molecule has 0 radical (unpaired) electrons. The highest BCUT2D eigenvalue weighted by Gasteiger charge is 2.06. The Labute approximate surface area is 110 Å². The highest BCUT2D eigenvalue weighted by atomic mass is 14.8. The van der Waals surface area contributed by atoms with Gasteiger partial charge >= 0.3 is 0 Å². The van der Waals surface area contributed by atoms with Crippen molar-refractivity contribution in [2.45, 2.75) is 39.5 Å². The highest BCUT2D eigenvalue weighted by molar-refractivity contribution is 5.84. The number of rotatable bonds is 6. The van der Waals surface area contributed by atoms with E-state index in [1.54, 1.807) is 0 Å². The predicted molar refractivity (Wildman–Crippen MR) is 79.3 cm³/mol. The Kier molecular flexibility index (Phi) is 4.43. The Hall–Kier alpha value is -1.28. The average Bonchev–Trinajstić information content (AvgIpc) is 2.77. The van der Waals surface area contributed by atoms with Gasteiger partial charge in [0.05, 0.1) is 0 Å². The Bertz CT molecular complexity index is 497. The van der Waals surface area contributed by atoms with Gasteiger partial charge in [0.15, 0.2) is 0 Å². The molecule has 0 fully saturated rings. The standard InChI is InChI=1S/C16H24N2/c1-4-17-9-5-6-14-11-18-16-8-7-13(12(2)3)10-15(14)16/h7-8,10-12,17-18H,4-6,9H2,1-3H3. The summed E-state index contributed by atoms with van der Waals surface area (Å²) in [6, 6.07) is 6.78. The molecule has 0 aliphatic heterocycles. The Balaban J connectivity index is 2.15. The van der Waals surface area contributed by atoms with Crippen LogP contribution in [0.5, 0.6) is 0 Å². The minimum atomic E-state index is 0.596. The normalized spacial score (nSPS) is 11.6. The molecule has 0 aliphatic rings. The van der Waals surface area contributed by atoms with Gasteiger partial charge in [-0.3, -0.25) is 0 Å². The van der Waals surface area contributed by atoms with Gasteiger partial charge in [0, 0.05) is 17.1 Å². The molecule has 0 atom stereocenters. The number of fused-ring (bicyclic) bond motifs is 1. The van der Waals surface area contributed by atoms with Crippen molar-refractivity contribution < 1.29 is 0 Å². The average molecular weight is 244 g/mol. The van der Waals surface area contributed by atoms with E-state index in [-0.39, 0.29) is 0 Å². The van der Waals surface area contributed by atoms with E-state index in [0.29, 0.717) is 5.92 Å². The molecule has 98 valence electrons. The van der Waals surface area contributed by atoms with Crippen LogP contribution in [-0.2, 0) is 6.42 Å². The molecule has 2 rings (SSSR count). The second kappa shape index (κ2) is 6.05. The van der Waals surface area contributed by atoms with E-state index >= 15 is 0 Å². The monoisotopic (exact) mass is 244 g/mol. The third-order valence-corrected chi connectivity index (χ3v) is 3.51. The molecule has 0 bridgehead atoms. The van der Waals surface area contributed by atoms with Crippen molar-refractivity contribution >= 4 is 10.9 Å². The van der Waals surface area contributed by atoms with Gasteiger partial charge in [-0.1, -0.05) is 26.8 Å². The molecule has 0 amide bonds. The number of aromatic nitrogens is 1. The summed E-state index contributed by atoms with van der Waals surface area (Å²) >= 11 is 0. The zero-order valence-corrected chi connectivity index (χ0v) is 11.7. The third kappa shape index (κ3) is 2.94. The second-order valence-corrected chi connectivity index (χ2v) is 5.23. The lowest BCUT2D eigenvalue weighted by molar-refractivity contribution is 0.674. The van der Waals surface area contributed by atoms with Crippen LogP contribution in [0.4, 0.5) is 0 Å². The number of nitrogens with one attached hydrogen (secondary N) is 2. The fraction of sp³-hybridized carbons (Fsp3) is 0.500. The van der Waals surface area contributed by atoms with Crippen LogP contribution in [0.3, 0.4) is 0 Å². The van der Waals surface area contributed by atoms with Crippen LogP contribution in [0.1, 0.15) is 44.2 Å². The zero-order chi connectivity index (χ0) is 13.0. The van der Waals surface area contributed by atoms with Crippen LogP contribution in [0.2, 0.25) is 0 Å². The molecule has 2 N–H and O–H groups in total. The number of benzene rings is 1. The maximum absolute atomic E-state index is 3.38. The Morgan fingerprint density at radius 2 is 2.11 bits per heavy atom. The first-order valence-electron chi connectivity index (χ1n) is 7.03. The Morgan fingerprint density at radius 1 is 1.28 bits per heavy atom. The third-order valence-electron chi connectivity index (χ3n) is 3.51. The number of H-pyrrole nitrogens is 1. The van der Waals surface area contributed by atoms with Crippen molar-refractivity contribution in [2.75, 3.05) is 13.1 Å². The van der Waals surface area contributed by atoms with Crippen LogP contribution >= 0.6 is 0 Å². The summed E-state index contributed by atoms with van der Waals surface area (Å²) in [6.07, 6.45) is 4.52. The second-order valence-electron chi connectivity index (χ2n) is 5.23. The van der Waals surface area contributed by atoms with E-state index in [0.717, 1.165) is 19.5 Å². The minimum absolute atomic E-state index is 0.596. The summed E-state index contributed by atoms with van der Waals surface area (Å²) in [4.78, 5) is 3.37. The van der Waals surface area contributed by atoms with Crippen LogP contribution in [-0.4, -0.2) is 18.1 Å². The maximum atomic E-state index is 3.38. The number of aromatic amines is 1. The summed E-state index contributed by atoms with van der Waals surface area (Å²) in [5.74, 6) is 0.596. The quantitative estimate of drug-likeness (QED) is 0.743. The first-order valence-corrected chi connectivity index (χ1v) is 7.03.